The molecule has 0 aliphatic heterocycles. The van der Waals surface area contributed by atoms with Gasteiger partial charge in [-0.15, -0.1) is 0 Å². The van der Waals surface area contributed by atoms with Crippen molar-refractivity contribution < 1.29 is 13.3 Å². The van der Waals surface area contributed by atoms with Gasteiger partial charge in [-0.05, 0) is 99.4 Å². The lowest BCUT2D eigenvalue weighted by molar-refractivity contribution is 0.513. The van der Waals surface area contributed by atoms with Crippen LogP contribution in [-0.4, -0.2) is 24.1 Å². The lowest BCUT2D eigenvalue weighted by Crippen LogP contribution is -2.07. The first-order valence-electron chi connectivity index (χ1n) is 25.1. The Kier molecular flexibility index (Phi) is 10.6. The van der Waals surface area contributed by atoms with Crippen LogP contribution >= 0.6 is 0 Å². The van der Waals surface area contributed by atoms with Gasteiger partial charge in [-0.25, -0.2) is 24.4 Å². The fourth-order valence-corrected chi connectivity index (χ4v) is 10.9. The van der Waals surface area contributed by atoms with Crippen LogP contribution in [0.5, 0.6) is 0 Å². The molecule has 0 saturated heterocycles. The van der Waals surface area contributed by atoms with Gasteiger partial charge in [0.15, 0.2) is 5.76 Å². The maximum atomic E-state index is 13.8. The van der Waals surface area contributed by atoms with E-state index >= 15 is 0 Å². The SMILES string of the molecule is O=c1oc(-c2c(Cc3ccc(Cc4c(-c5nc6ccccc6c(=O)o5)[nH]c5ccccc45)cc3)c3ccccc3n2Cc2ccc(Cn3c(-c4nc5ccccc5c(=O)o4)cc4ccccc43)cc2)cc2ccccc12. The highest BCUT2D eigenvalue weighted by molar-refractivity contribution is 5.94. The third-order valence-electron chi connectivity index (χ3n) is 14.6. The van der Waals surface area contributed by atoms with Crippen molar-refractivity contribution in [2.75, 3.05) is 0 Å². The topological polar surface area (TPSA) is 142 Å². The second-order valence-electron chi connectivity index (χ2n) is 19.2. The molecule has 76 heavy (non-hydrogen) atoms. The smallest absolute Gasteiger partial charge is 0.347 e. The van der Waals surface area contributed by atoms with Gasteiger partial charge in [0.25, 0.3) is 0 Å². The third kappa shape index (κ3) is 7.80. The Balaban J connectivity index is 0.816. The zero-order valence-electron chi connectivity index (χ0n) is 40.7. The summed E-state index contributed by atoms with van der Waals surface area (Å²) in [6.07, 6.45) is 1.12. The molecule has 14 aromatic rings. The van der Waals surface area contributed by atoms with E-state index < -0.39 is 16.9 Å². The summed E-state index contributed by atoms with van der Waals surface area (Å²) in [5.41, 5.74) is 11.3. The lowest BCUT2D eigenvalue weighted by Gasteiger charge is -2.14. The van der Waals surface area contributed by atoms with Crippen LogP contribution in [0.3, 0.4) is 0 Å². The molecule has 364 valence electrons. The van der Waals surface area contributed by atoms with Crippen molar-refractivity contribution >= 4 is 65.3 Å². The van der Waals surface area contributed by atoms with Crippen molar-refractivity contribution in [2.24, 2.45) is 0 Å². The normalized spacial score (nSPS) is 11.8. The minimum absolute atomic E-state index is 0.249. The van der Waals surface area contributed by atoms with Gasteiger partial charge in [0, 0.05) is 58.6 Å². The first-order chi connectivity index (χ1) is 37.4. The zero-order chi connectivity index (χ0) is 50.9. The molecule has 14 rings (SSSR count). The molecule has 0 bridgehead atoms. The van der Waals surface area contributed by atoms with Crippen LogP contribution in [0.25, 0.3) is 99.9 Å². The predicted octanol–water partition coefficient (Wildman–Crippen LogP) is 13.5. The van der Waals surface area contributed by atoms with Crippen LogP contribution in [-0.2, 0) is 25.9 Å². The molecule has 0 fully saturated rings. The van der Waals surface area contributed by atoms with Crippen LogP contribution in [0.15, 0.2) is 234 Å². The zero-order valence-corrected chi connectivity index (χ0v) is 40.7. The van der Waals surface area contributed by atoms with Crippen LogP contribution < -0.4 is 16.9 Å². The third-order valence-corrected chi connectivity index (χ3v) is 14.6. The average Bonchev–Trinajstić information content (AvgIpc) is 4.14. The molecule has 0 radical (unpaired) electrons. The Bertz CT molecular complexity index is 4530. The number of nitrogens with one attached hydrogen (secondary N) is 1. The van der Waals surface area contributed by atoms with Crippen LogP contribution in [0.2, 0.25) is 0 Å². The Hall–Kier alpha value is -10.1. The van der Waals surface area contributed by atoms with Crippen LogP contribution in [0, 0.1) is 0 Å². The largest absolute Gasteiger partial charge is 0.421 e. The first kappa shape index (κ1) is 44.6. The molecular weight excluding hydrogens is 947 g/mol. The van der Waals surface area contributed by atoms with Crippen molar-refractivity contribution in [3.63, 3.8) is 0 Å². The van der Waals surface area contributed by atoms with Gasteiger partial charge in [-0.2, -0.15) is 0 Å². The Morgan fingerprint density at radius 2 is 0.908 bits per heavy atom. The molecule has 0 spiro atoms. The Morgan fingerprint density at radius 1 is 0.408 bits per heavy atom. The molecular formula is C65H43N5O6. The standard InChI is InChI=1S/C65H43N5O6/c71-63-45-15-3-1-13-43(45)36-58(74-63)60-51(34-40-27-25-39(26-28-40)33-50-46-16-4-8-20-52(46)66-59(50)62-68-54-22-10-6-19-49(54)65(73)76-62)47-17-7-12-24-56(47)70(60)38-42-31-29-41(30-32-42)37-69-55-23-11-2-14-44(55)35-57(69)61-67-53-21-9-5-18-48(53)64(72)75-61/h1-32,35-36,66H,33-34,37-38H2. The Labute approximate surface area is 432 Å². The molecule has 11 nitrogen and oxygen atoms in total. The number of hydrogen-bond donors (Lipinski definition) is 1. The number of aromatic amines is 1. The van der Waals surface area contributed by atoms with Gasteiger partial charge < -0.3 is 27.4 Å². The number of rotatable bonds is 11. The second kappa shape index (κ2) is 18.1. The van der Waals surface area contributed by atoms with Crippen LogP contribution in [0.4, 0.5) is 0 Å². The Morgan fingerprint density at radius 3 is 1.61 bits per heavy atom. The van der Waals surface area contributed by atoms with E-state index in [1.165, 1.54) is 0 Å². The minimum atomic E-state index is -0.432. The molecule has 0 atom stereocenters. The number of nitrogens with zero attached hydrogens (tertiary/aromatic N) is 4. The van der Waals surface area contributed by atoms with Gasteiger partial charge in [0.2, 0.25) is 11.8 Å². The summed E-state index contributed by atoms with van der Waals surface area (Å²) in [5.74, 6) is 1.01. The summed E-state index contributed by atoms with van der Waals surface area (Å²) in [6.45, 7) is 1.00. The predicted molar refractivity (Wildman–Crippen MR) is 299 cm³/mol. The molecule has 8 aromatic carbocycles. The number of fused-ring (bicyclic) bond motifs is 6. The summed E-state index contributed by atoms with van der Waals surface area (Å²) in [7, 11) is 0. The molecule has 0 aliphatic carbocycles. The summed E-state index contributed by atoms with van der Waals surface area (Å²) in [6, 6.07) is 67.7. The molecule has 6 aromatic heterocycles. The quantitative estimate of drug-likeness (QED) is 0.135. The molecule has 0 aliphatic rings. The van der Waals surface area contributed by atoms with E-state index in [-0.39, 0.29) is 11.8 Å². The van der Waals surface area contributed by atoms with Crippen molar-refractivity contribution in [1.29, 1.82) is 0 Å². The molecule has 1 N–H and O–H groups in total. The van der Waals surface area contributed by atoms with E-state index in [0.717, 1.165) is 77.2 Å². The maximum Gasteiger partial charge on any atom is 0.347 e. The van der Waals surface area contributed by atoms with Crippen LogP contribution in [0.1, 0.15) is 33.4 Å². The van der Waals surface area contributed by atoms with Crippen molar-refractivity contribution in [1.82, 2.24) is 24.1 Å². The van der Waals surface area contributed by atoms with Crippen molar-refractivity contribution in [3.05, 3.63) is 271 Å². The van der Waals surface area contributed by atoms with E-state index in [9.17, 15) is 14.4 Å². The minimum Gasteiger partial charge on any atom is -0.421 e. The highest BCUT2D eigenvalue weighted by Gasteiger charge is 2.24. The van der Waals surface area contributed by atoms with E-state index in [0.29, 0.717) is 70.3 Å². The fraction of sp³-hybridized carbons (Fsp3) is 0.0615. The van der Waals surface area contributed by atoms with Gasteiger partial charge in [0.05, 0.1) is 32.9 Å². The van der Waals surface area contributed by atoms with Crippen molar-refractivity contribution in [3.8, 4) is 34.6 Å². The number of hydrogen-bond acceptors (Lipinski definition) is 8. The van der Waals surface area contributed by atoms with Gasteiger partial charge in [-0.3, -0.25) is 0 Å². The lowest BCUT2D eigenvalue weighted by atomic mass is 9.97. The summed E-state index contributed by atoms with van der Waals surface area (Å²) in [5, 5.41) is 5.30. The summed E-state index contributed by atoms with van der Waals surface area (Å²) >= 11 is 0. The molecule has 0 saturated carbocycles. The first-order valence-corrected chi connectivity index (χ1v) is 25.1. The monoisotopic (exact) mass is 989 g/mol. The number of H-pyrrole nitrogens is 1. The van der Waals surface area contributed by atoms with Gasteiger partial charge >= 0.3 is 16.9 Å². The maximum absolute atomic E-state index is 13.8. The molecule has 0 amide bonds. The van der Waals surface area contributed by atoms with Crippen molar-refractivity contribution in [2.45, 2.75) is 25.9 Å². The summed E-state index contributed by atoms with van der Waals surface area (Å²) < 4.78 is 22.4. The van der Waals surface area contributed by atoms with E-state index in [4.69, 9.17) is 23.2 Å². The fourth-order valence-electron chi connectivity index (χ4n) is 10.9. The average molecular weight is 990 g/mol. The summed E-state index contributed by atoms with van der Waals surface area (Å²) in [4.78, 5) is 53.1. The highest BCUT2D eigenvalue weighted by Crippen LogP contribution is 2.38. The molecule has 0 unspecified atom stereocenters. The number of benzene rings is 8. The van der Waals surface area contributed by atoms with Gasteiger partial charge in [-0.1, -0.05) is 146 Å². The van der Waals surface area contributed by atoms with Gasteiger partial charge in [0.1, 0.15) is 11.4 Å². The van der Waals surface area contributed by atoms with E-state index in [2.05, 4.69) is 93.0 Å². The molecule has 11 heteroatoms. The van der Waals surface area contributed by atoms with E-state index in [1.807, 2.05) is 97.1 Å². The van der Waals surface area contributed by atoms with E-state index in [1.54, 1.807) is 30.3 Å². The number of aromatic nitrogens is 5. The second-order valence-corrected chi connectivity index (χ2v) is 19.2. The molecule has 6 heterocycles. The number of para-hydroxylation sites is 5. The highest BCUT2D eigenvalue weighted by atomic mass is 16.4.